The molecule has 0 atom stereocenters. The van der Waals surface area contributed by atoms with Gasteiger partial charge in [-0.3, -0.25) is 9.20 Å². The molecule has 0 saturated carbocycles. The summed E-state index contributed by atoms with van der Waals surface area (Å²) in [7, 11) is 0. The Morgan fingerprint density at radius 1 is 0.962 bits per heavy atom. The van der Waals surface area contributed by atoms with Gasteiger partial charge in [0.15, 0.2) is 4.96 Å². The number of anilines is 2. The first-order valence-electron chi connectivity index (χ1n) is 8.06. The number of para-hydroxylation sites is 2. The van der Waals surface area contributed by atoms with E-state index < -0.39 is 0 Å². The second kappa shape index (κ2) is 5.83. The first-order valence-corrected chi connectivity index (χ1v) is 9.26. The number of nitrogens with one attached hydrogen (secondary N) is 1. The Hall–Kier alpha value is -2.89. The fraction of sp³-hybridized carbons (Fsp3) is 0. The topological polar surface area (TPSA) is 46.4 Å². The molecular formula is C20H12ClN3OS. The minimum atomic E-state index is -0.227. The maximum absolute atomic E-state index is 12.6. The summed E-state index contributed by atoms with van der Waals surface area (Å²) in [6.07, 6.45) is 0. The zero-order chi connectivity index (χ0) is 17.7. The number of rotatable bonds is 2. The minimum absolute atomic E-state index is 0.227. The molecule has 2 heterocycles. The molecule has 0 saturated heterocycles. The normalized spacial score (nSPS) is 11.4. The molecule has 6 heteroatoms. The molecule has 0 fully saturated rings. The lowest BCUT2D eigenvalue weighted by Gasteiger charge is -2.09. The van der Waals surface area contributed by atoms with Gasteiger partial charge in [0.1, 0.15) is 0 Å². The summed E-state index contributed by atoms with van der Waals surface area (Å²) < 4.78 is 3.14. The number of thiazole rings is 1. The van der Waals surface area contributed by atoms with E-state index in [0.717, 1.165) is 27.1 Å². The van der Waals surface area contributed by atoms with Crippen molar-refractivity contribution in [2.45, 2.75) is 0 Å². The van der Waals surface area contributed by atoms with E-state index in [4.69, 9.17) is 11.6 Å². The molecule has 0 unspecified atom stereocenters. The van der Waals surface area contributed by atoms with Crippen molar-refractivity contribution in [3.63, 3.8) is 0 Å². The summed E-state index contributed by atoms with van der Waals surface area (Å²) in [5.74, 6) is 0. The molecule has 1 N–H and O–H groups in total. The zero-order valence-electron chi connectivity index (χ0n) is 13.4. The lowest BCUT2D eigenvalue weighted by Crippen LogP contribution is -2.09. The number of benzene rings is 3. The van der Waals surface area contributed by atoms with Crippen LogP contribution in [0.3, 0.4) is 0 Å². The van der Waals surface area contributed by atoms with E-state index in [2.05, 4.69) is 10.3 Å². The van der Waals surface area contributed by atoms with Crippen LogP contribution >= 0.6 is 22.9 Å². The van der Waals surface area contributed by atoms with Gasteiger partial charge in [0.25, 0.3) is 5.56 Å². The van der Waals surface area contributed by atoms with Gasteiger partial charge in [-0.1, -0.05) is 47.2 Å². The largest absolute Gasteiger partial charge is 0.354 e. The lowest BCUT2D eigenvalue weighted by molar-refractivity contribution is 1.21. The second-order valence-electron chi connectivity index (χ2n) is 5.94. The third-order valence-electron chi connectivity index (χ3n) is 4.32. The molecule has 5 aromatic rings. The van der Waals surface area contributed by atoms with Crippen LogP contribution in [0.4, 0.5) is 11.4 Å². The fourth-order valence-electron chi connectivity index (χ4n) is 3.13. The van der Waals surface area contributed by atoms with Gasteiger partial charge in [0.05, 0.1) is 31.8 Å². The number of hydrogen-bond donors (Lipinski definition) is 1. The van der Waals surface area contributed by atoms with Gasteiger partial charge in [0.2, 0.25) is 0 Å². The standard InChI is InChI=1S/C20H12ClN3OS/c21-14-5-1-2-6-15(14)22-12-9-10-16-13(11-12)19(25)23-20-24(16)17-7-3-4-8-18(17)26-20/h1-11,22H. The quantitative estimate of drug-likeness (QED) is 0.444. The molecule has 0 aliphatic carbocycles. The molecule has 0 spiro atoms. The van der Waals surface area contributed by atoms with E-state index in [9.17, 15) is 4.79 Å². The van der Waals surface area contributed by atoms with Gasteiger partial charge in [-0.25, -0.2) is 0 Å². The van der Waals surface area contributed by atoms with Gasteiger partial charge < -0.3 is 5.32 Å². The van der Waals surface area contributed by atoms with Crippen LogP contribution in [0.25, 0.3) is 26.1 Å². The monoisotopic (exact) mass is 377 g/mol. The van der Waals surface area contributed by atoms with Crippen molar-refractivity contribution in [3.05, 3.63) is 82.1 Å². The van der Waals surface area contributed by atoms with Crippen molar-refractivity contribution in [1.29, 1.82) is 0 Å². The summed E-state index contributed by atoms with van der Waals surface area (Å²) in [6.45, 7) is 0. The van der Waals surface area contributed by atoms with Crippen molar-refractivity contribution < 1.29 is 0 Å². The average molecular weight is 378 g/mol. The van der Waals surface area contributed by atoms with Crippen molar-refractivity contribution >= 4 is 60.4 Å². The van der Waals surface area contributed by atoms with Crippen LogP contribution in [-0.2, 0) is 0 Å². The SMILES string of the molecule is O=c1nc2sc3ccccc3n2c2ccc(Nc3ccccc3Cl)cc12. The van der Waals surface area contributed by atoms with Crippen LogP contribution in [0, 0.1) is 0 Å². The Balaban J connectivity index is 1.75. The molecule has 2 aromatic heterocycles. The predicted molar refractivity (Wildman–Crippen MR) is 109 cm³/mol. The lowest BCUT2D eigenvalue weighted by atomic mass is 10.2. The third-order valence-corrected chi connectivity index (χ3v) is 5.67. The average Bonchev–Trinajstić information content (AvgIpc) is 3.02. The van der Waals surface area contributed by atoms with Crippen molar-refractivity contribution in [2.75, 3.05) is 5.32 Å². The van der Waals surface area contributed by atoms with E-state index in [1.54, 1.807) is 0 Å². The highest BCUT2D eigenvalue weighted by Crippen LogP contribution is 2.30. The van der Waals surface area contributed by atoms with Gasteiger partial charge >= 0.3 is 0 Å². The van der Waals surface area contributed by atoms with E-state index in [0.29, 0.717) is 15.4 Å². The molecule has 4 nitrogen and oxygen atoms in total. The molecule has 3 aromatic carbocycles. The Labute approximate surface area is 157 Å². The summed E-state index contributed by atoms with van der Waals surface area (Å²) in [5, 5.41) is 4.46. The number of halogens is 1. The molecular weight excluding hydrogens is 366 g/mol. The first-order chi connectivity index (χ1) is 12.7. The smallest absolute Gasteiger partial charge is 0.281 e. The molecule has 126 valence electrons. The Morgan fingerprint density at radius 3 is 2.65 bits per heavy atom. The first kappa shape index (κ1) is 15.4. The van der Waals surface area contributed by atoms with Crippen LogP contribution in [0.5, 0.6) is 0 Å². The summed E-state index contributed by atoms with van der Waals surface area (Å²) in [5.41, 5.74) is 3.26. The van der Waals surface area contributed by atoms with Crippen LogP contribution in [0.2, 0.25) is 5.02 Å². The van der Waals surface area contributed by atoms with Crippen LogP contribution < -0.4 is 10.9 Å². The molecule has 26 heavy (non-hydrogen) atoms. The van der Waals surface area contributed by atoms with Crippen LogP contribution in [-0.4, -0.2) is 9.38 Å². The second-order valence-corrected chi connectivity index (χ2v) is 7.36. The Morgan fingerprint density at radius 2 is 1.77 bits per heavy atom. The summed E-state index contributed by atoms with van der Waals surface area (Å²) in [6, 6.07) is 21.3. The minimum Gasteiger partial charge on any atom is -0.354 e. The molecule has 0 amide bonds. The molecule has 0 aliphatic rings. The van der Waals surface area contributed by atoms with E-state index >= 15 is 0 Å². The Bertz CT molecular complexity index is 1360. The highest BCUT2D eigenvalue weighted by molar-refractivity contribution is 7.23. The van der Waals surface area contributed by atoms with Gasteiger partial charge in [-0.2, -0.15) is 4.98 Å². The zero-order valence-corrected chi connectivity index (χ0v) is 15.0. The maximum atomic E-state index is 12.6. The van der Waals surface area contributed by atoms with E-state index in [-0.39, 0.29) is 5.56 Å². The van der Waals surface area contributed by atoms with Gasteiger partial charge in [-0.05, 0) is 42.5 Å². The molecule has 0 bridgehead atoms. The Kier molecular flexibility index (Phi) is 3.45. The fourth-order valence-corrected chi connectivity index (χ4v) is 4.33. The molecule has 0 aliphatic heterocycles. The highest BCUT2D eigenvalue weighted by atomic mass is 35.5. The molecule has 5 rings (SSSR count). The predicted octanol–water partition coefficient (Wildman–Crippen LogP) is 5.46. The number of aromatic nitrogens is 2. The van der Waals surface area contributed by atoms with Gasteiger partial charge in [-0.15, -0.1) is 0 Å². The van der Waals surface area contributed by atoms with Crippen molar-refractivity contribution in [2.24, 2.45) is 0 Å². The van der Waals surface area contributed by atoms with Gasteiger partial charge in [0, 0.05) is 5.69 Å². The number of nitrogens with zero attached hydrogens (tertiary/aromatic N) is 2. The summed E-state index contributed by atoms with van der Waals surface area (Å²) >= 11 is 7.73. The number of hydrogen-bond acceptors (Lipinski definition) is 4. The molecule has 0 radical (unpaired) electrons. The van der Waals surface area contributed by atoms with Crippen molar-refractivity contribution in [1.82, 2.24) is 9.38 Å². The number of fused-ring (bicyclic) bond motifs is 5. The van der Waals surface area contributed by atoms with E-state index in [1.807, 2.05) is 71.1 Å². The van der Waals surface area contributed by atoms with Crippen molar-refractivity contribution in [3.8, 4) is 0 Å². The van der Waals surface area contributed by atoms with Crippen LogP contribution in [0.15, 0.2) is 71.5 Å². The third kappa shape index (κ3) is 2.36. The maximum Gasteiger partial charge on any atom is 0.281 e. The van der Waals surface area contributed by atoms with Crippen LogP contribution in [0.1, 0.15) is 0 Å². The van der Waals surface area contributed by atoms with E-state index in [1.165, 1.54) is 11.3 Å². The summed E-state index contributed by atoms with van der Waals surface area (Å²) in [4.78, 5) is 17.6. The highest BCUT2D eigenvalue weighted by Gasteiger charge is 2.12.